The summed E-state index contributed by atoms with van der Waals surface area (Å²) in [7, 11) is 0. The molecule has 6 nitrogen and oxygen atoms in total. The van der Waals surface area contributed by atoms with E-state index in [1.807, 2.05) is 34.1 Å². The van der Waals surface area contributed by atoms with Crippen LogP contribution in [0.3, 0.4) is 0 Å². The molecule has 1 fully saturated rings. The van der Waals surface area contributed by atoms with Gasteiger partial charge in [-0.3, -0.25) is 14.9 Å². The first-order valence-electron chi connectivity index (χ1n) is 9.53. The molecule has 0 aliphatic carbocycles. The van der Waals surface area contributed by atoms with Gasteiger partial charge in [-0.2, -0.15) is 0 Å². The van der Waals surface area contributed by atoms with Crippen molar-refractivity contribution in [3.8, 4) is 0 Å². The molecule has 0 atom stereocenters. The molecule has 4 rings (SSSR count). The fourth-order valence-corrected chi connectivity index (χ4v) is 4.24. The molecule has 0 unspecified atom stereocenters. The summed E-state index contributed by atoms with van der Waals surface area (Å²) in [6, 6.07) is 15.0. The van der Waals surface area contributed by atoms with E-state index in [0.29, 0.717) is 18.8 Å². The highest BCUT2D eigenvalue weighted by Gasteiger charge is 2.32. The monoisotopic (exact) mass is 365 g/mol. The van der Waals surface area contributed by atoms with Crippen LogP contribution >= 0.6 is 0 Å². The molecule has 0 bridgehead atoms. The standard InChI is InChI=1S/C21H23N3O3/c25-21(23-13-5-7-16-6-1-2-8-18(16)23)17-11-14-22(15-12-17)19-9-3-4-10-20(19)24(26)27/h1-4,6,8-10,17H,5,7,11-15H2. The molecule has 2 aliphatic rings. The number of nitro groups is 1. The number of fused-ring (bicyclic) bond motifs is 1. The first kappa shape index (κ1) is 17.5. The van der Waals surface area contributed by atoms with Gasteiger partial charge in [-0.25, -0.2) is 0 Å². The number of para-hydroxylation sites is 3. The van der Waals surface area contributed by atoms with Crippen LogP contribution in [0, 0.1) is 16.0 Å². The number of nitro benzene ring substituents is 1. The van der Waals surface area contributed by atoms with Gasteiger partial charge in [-0.05, 0) is 43.4 Å². The fourth-order valence-electron chi connectivity index (χ4n) is 4.24. The zero-order valence-corrected chi connectivity index (χ0v) is 15.2. The summed E-state index contributed by atoms with van der Waals surface area (Å²) in [4.78, 5) is 28.1. The van der Waals surface area contributed by atoms with Gasteiger partial charge in [0.1, 0.15) is 5.69 Å². The first-order valence-corrected chi connectivity index (χ1v) is 9.53. The van der Waals surface area contributed by atoms with Crippen molar-refractivity contribution in [3.05, 3.63) is 64.2 Å². The van der Waals surface area contributed by atoms with Gasteiger partial charge in [0, 0.05) is 37.3 Å². The summed E-state index contributed by atoms with van der Waals surface area (Å²) in [6.45, 7) is 2.10. The zero-order chi connectivity index (χ0) is 18.8. The second kappa shape index (κ2) is 7.39. The molecule has 2 aliphatic heterocycles. The van der Waals surface area contributed by atoms with E-state index in [1.165, 1.54) is 11.6 Å². The van der Waals surface area contributed by atoms with Crippen LogP contribution in [0.15, 0.2) is 48.5 Å². The van der Waals surface area contributed by atoms with Crippen molar-refractivity contribution in [2.75, 3.05) is 29.4 Å². The average Bonchev–Trinajstić information content (AvgIpc) is 2.73. The van der Waals surface area contributed by atoms with Crippen molar-refractivity contribution < 1.29 is 9.72 Å². The lowest BCUT2D eigenvalue weighted by Crippen LogP contribution is -2.44. The minimum absolute atomic E-state index is 0.0184. The van der Waals surface area contributed by atoms with Gasteiger partial charge in [0.2, 0.25) is 5.91 Å². The summed E-state index contributed by atoms with van der Waals surface area (Å²) in [5.74, 6) is 0.180. The topological polar surface area (TPSA) is 66.7 Å². The van der Waals surface area contributed by atoms with E-state index in [-0.39, 0.29) is 22.4 Å². The summed E-state index contributed by atoms with van der Waals surface area (Å²) < 4.78 is 0. The molecule has 0 spiro atoms. The number of aryl methyl sites for hydroxylation is 1. The Labute approximate surface area is 158 Å². The van der Waals surface area contributed by atoms with Crippen molar-refractivity contribution in [1.29, 1.82) is 0 Å². The number of carbonyl (C=O) groups is 1. The Morgan fingerprint density at radius 3 is 2.37 bits per heavy atom. The summed E-state index contributed by atoms with van der Waals surface area (Å²) in [5.41, 5.74) is 3.08. The number of hydrogen-bond acceptors (Lipinski definition) is 4. The molecular weight excluding hydrogens is 342 g/mol. The maximum atomic E-state index is 13.1. The maximum Gasteiger partial charge on any atom is 0.292 e. The molecule has 0 N–H and O–H groups in total. The van der Waals surface area contributed by atoms with Crippen LogP contribution in [0.5, 0.6) is 0 Å². The van der Waals surface area contributed by atoms with E-state index in [2.05, 4.69) is 6.07 Å². The van der Waals surface area contributed by atoms with Crippen molar-refractivity contribution in [2.24, 2.45) is 5.92 Å². The lowest BCUT2D eigenvalue weighted by atomic mass is 9.92. The average molecular weight is 365 g/mol. The van der Waals surface area contributed by atoms with Gasteiger partial charge in [-0.15, -0.1) is 0 Å². The molecule has 2 heterocycles. The largest absolute Gasteiger partial charge is 0.366 e. The third-order valence-electron chi connectivity index (χ3n) is 5.64. The fraction of sp³-hybridized carbons (Fsp3) is 0.381. The van der Waals surface area contributed by atoms with E-state index in [1.54, 1.807) is 12.1 Å². The number of amides is 1. The van der Waals surface area contributed by atoms with E-state index in [9.17, 15) is 14.9 Å². The first-order chi connectivity index (χ1) is 13.1. The van der Waals surface area contributed by atoms with E-state index in [0.717, 1.165) is 37.9 Å². The minimum atomic E-state index is -0.336. The second-order valence-corrected chi connectivity index (χ2v) is 7.23. The van der Waals surface area contributed by atoms with Gasteiger partial charge in [-0.1, -0.05) is 30.3 Å². The highest BCUT2D eigenvalue weighted by molar-refractivity contribution is 5.96. The Kier molecular flexibility index (Phi) is 4.79. The SMILES string of the molecule is O=C(C1CCN(c2ccccc2[N+](=O)[O-])CC1)N1CCCc2ccccc21. The van der Waals surface area contributed by atoms with Crippen LogP contribution in [0.25, 0.3) is 0 Å². The van der Waals surface area contributed by atoms with Crippen LogP contribution in [-0.4, -0.2) is 30.5 Å². The Morgan fingerprint density at radius 1 is 0.963 bits per heavy atom. The molecule has 140 valence electrons. The van der Waals surface area contributed by atoms with Gasteiger partial charge in [0.15, 0.2) is 0 Å². The van der Waals surface area contributed by atoms with E-state index < -0.39 is 0 Å². The van der Waals surface area contributed by atoms with Crippen LogP contribution in [0.4, 0.5) is 17.1 Å². The summed E-state index contributed by atoms with van der Waals surface area (Å²) in [5, 5.41) is 11.3. The van der Waals surface area contributed by atoms with E-state index in [4.69, 9.17) is 0 Å². The quantitative estimate of drug-likeness (QED) is 0.613. The summed E-state index contributed by atoms with van der Waals surface area (Å²) >= 11 is 0. The predicted octanol–water partition coefficient (Wildman–Crippen LogP) is 3.79. The van der Waals surface area contributed by atoms with Crippen LogP contribution in [0.1, 0.15) is 24.8 Å². The van der Waals surface area contributed by atoms with Crippen molar-refractivity contribution in [3.63, 3.8) is 0 Å². The molecule has 2 aromatic carbocycles. The molecule has 0 saturated carbocycles. The highest BCUT2D eigenvalue weighted by Crippen LogP contribution is 2.33. The van der Waals surface area contributed by atoms with Crippen molar-refractivity contribution >= 4 is 23.0 Å². The van der Waals surface area contributed by atoms with Crippen molar-refractivity contribution in [2.45, 2.75) is 25.7 Å². The lowest BCUT2D eigenvalue weighted by molar-refractivity contribution is -0.384. The summed E-state index contributed by atoms with van der Waals surface area (Å²) in [6.07, 6.45) is 3.47. The molecular formula is C21H23N3O3. The molecule has 0 radical (unpaired) electrons. The van der Waals surface area contributed by atoms with Crippen LogP contribution in [-0.2, 0) is 11.2 Å². The molecule has 6 heteroatoms. The third kappa shape index (κ3) is 3.39. The minimum Gasteiger partial charge on any atom is -0.366 e. The van der Waals surface area contributed by atoms with Gasteiger partial charge >= 0.3 is 0 Å². The number of carbonyl (C=O) groups excluding carboxylic acids is 1. The highest BCUT2D eigenvalue weighted by atomic mass is 16.6. The Morgan fingerprint density at radius 2 is 1.63 bits per heavy atom. The predicted molar refractivity (Wildman–Crippen MR) is 105 cm³/mol. The zero-order valence-electron chi connectivity index (χ0n) is 15.2. The second-order valence-electron chi connectivity index (χ2n) is 7.23. The van der Waals surface area contributed by atoms with Gasteiger partial charge in [0.05, 0.1) is 4.92 Å². The van der Waals surface area contributed by atoms with Crippen molar-refractivity contribution in [1.82, 2.24) is 0 Å². The number of anilines is 2. The lowest BCUT2D eigenvalue weighted by Gasteiger charge is -2.37. The Balaban J connectivity index is 1.46. The van der Waals surface area contributed by atoms with Gasteiger partial charge in [0.25, 0.3) is 5.69 Å². The Bertz CT molecular complexity index is 859. The van der Waals surface area contributed by atoms with E-state index >= 15 is 0 Å². The number of rotatable bonds is 3. The number of benzene rings is 2. The number of hydrogen-bond donors (Lipinski definition) is 0. The Hall–Kier alpha value is -2.89. The number of nitrogens with zero attached hydrogens (tertiary/aromatic N) is 3. The third-order valence-corrected chi connectivity index (χ3v) is 5.64. The molecule has 1 amide bonds. The maximum absolute atomic E-state index is 13.1. The molecule has 2 aromatic rings. The van der Waals surface area contributed by atoms with Crippen LogP contribution in [0.2, 0.25) is 0 Å². The normalized spacial score (nSPS) is 17.5. The number of piperidine rings is 1. The smallest absolute Gasteiger partial charge is 0.292 e. The van der Waals surface area contributed by atoms with Gasteiger partial charge < -0.3 is 9.80 Å². The van der Waals surface area contributed by atoms with Crippen LogP contribution < -0.4 is 9.80 Å². The molecule has 0 aromatic heterocycles. The molecule has 1 saturated heterocycles. The molecule has 27 heavy (non-hydrogen) atoms.